The van der Waals surface area contributed by atoms with Gasteiger partial charge in [-0.25, -0.2) is 4.79 Å². The van der Waals surface area contributed by atoms with E-state index >= 15 is 0 Å². The van der Waals surface area contributed by atoms with Crippen LogP contribution in [0.1, 0.15) is 15.2 Å². The quantitative estimate of drug-likeness (QED) is 0.832. The van der Waals surface area contributed by atoms with Gasteiger partial charge in [0.05, 0.1) is 0 Å². The standard InChI is InChI=1S/C12H10O3S2/c13-9-3-1-8(2-4-9)6-16-10-5-11(12(14)15)17-7-10/h1-5,7,13H,6H2,(H,14,15). The van der Waals surface area contributed by atoms with E-state index in [1.54, 1.807) is 30.0 Å². The predicted molar refractivity (Wildman–Crippen MR) is 68.9 cm³/mol. The van der Waals surface area contributed by atoms with Crippen molar-refractivity contribution < 1.29 is 15.0 Å². The number of aromatic hydroxyl groups is 1. The maximum absolute atomic E-state index is 10.7. The molecule has 1 aromatic heterocycles. The van der Waals surface area contributed by atoms with Crippen molar-refractivity contribution in [1.29, 1.82) is 0 Å². The zero-order valence-corrected chi connectivity index (χ0v) is 10.4. The van der Waals surface area contributed by atoms with E-state index in [9.17, 15) is 4.79 Å². The van der Waals surface area contributed by atoms with Crippen molar-refractivity contribution in [3.8, 4) is 5.75 Å². The van der Waals surface area contributed by atoms with Crippen molar-refractivity contribution in [2.45, 2.75) is 10.6 Å². The van der Waals surface area contributed by atoms with Crippen LogP contribution in [0.4, 0.5) is 0 Å². The normalized spacial score (nSPS) is 10.4. The van der Waals surface area contributed by atoms with E-state index in [2.05, 4.69) is 0 Å². The van der Waals surface area contributed by atoms with Crippen molar-refractivity contribution in [3.05, 3.63) is 46.2 Å². The lowest BCUT2D eigenvalue weighted by atomic mass is 10.2. The number of carboxylic acids is 1. The first-order valence-electron chi connectivity index (χ1n) is 4.87. The van der Waals surface area contributed by atoms with E-state index in [0.29, 0.717) is 4.88 Å². The number of hydrogen-bond acceptors (Lipinski definition) is 4. The van der Waals surface area contributed by atoms with Gasteiger partial charge in [0.2, 0.25) is 0 Å². The summed E-state index contributed by atoms with van der Waals surface area (Å²) >= 11 is 2.82. The Balaban J connectivity index is 1.97. The zero-order valence-electron chi connectivity index (χ0n) is 8.79. The highest BCUT2D eigenvalue weighted by molar-refractivity contribution is 7.98. The van der Waals surface area contributed by atoms with Crippen molar-refractivity contribution in [1.82, 2.24) is 0 Å². The molecule has 0 saturated carbocycles. The van der Waals surface area contributed by atoms with E-state index in [0.717, 1.165) is 16.2 Å². The minimum Gasteiger partial charge on any atom is -0.508 e. The Kier molecular flexibility index (Phi) is 3.71. The van der Waals surface area contributed by atoms with Gasteiger partial charge >= 0.3 is 5.97 Å². The van der Waals surface area contributed by atoms with Gasteiger partial charge in [-0.2, -0.15) is 0 Å². The van der Waals surface area contributed by atoms with Crippen LogP contribution in [0.15, 0.2) is 40.6 Å². The molecule has 0 aliphatic carbocycles. The molecule has 2 aromatic rings. The van der Waals surface area contributed by atoms with Gasteiger partial charge in [0.1, 0.15) is 10.6 Å². The Morgan fingerprint density at radius 2 is 2.00 bits per heavy atom. The van der Waals surface area contributed by atoms with Crippen LogP contribution in [0.5, 0.6) is 5.75 Å². The molecule has 0 atom stereocenters. The molecule has 1 aromatic carbocycles. The highest BCUT2D eigenvalue weighted by atomic mass is 32.2. The Bertz CT molecular complexity index is 517. The van der Waals surface area contributed by atoms with Gasteiger partial charge in [-0.05, 0) is 23.8 Å². The van der Waals surface area contributed by atoms with Crippen molar-refractivity contribution in [2.24, 2.45) is 0 Å². The summed E-state index contributed by atoms with van der Waals surface area (Å²) in [6.07, 6.45) is 0. The summed E-state index contributed by atoms with van der Waals surface area (Å²) in [5, 5.41) is 19.8. The number of carboxylic acid groups (broad SMARTS) is 1. The second kappa shape index (κ2) is 5.25. The summed E-state index contributed by atoms with van der Waals surface area (Å²) in [5.41, 5.74) is 1.09. The fourth-order valence-electron chi connectivity index (χ4n) is 1.27. The molecule has 0 radical (unpaired) electrons. The Labute approximate surface area is 107 Å². The van der Waals surface area contributed by atoms with Gasteiger partial charge in [0, 0.05) is 16.0 Å². The lowest BCUT2D eigenvalue weighted by molar-refractivity contribution is 0.0702. The number of phenolic OH excluding ortho intramolecular Hbond substituents is 1. The summed E-state index contributed by atoms with van der Waals surface area (Å²) in [6.45, 7) is 0. The van der Waals surface area contributed by atoms with Crippen LogP contribution in [-0.4, -0.2) is 16.2 Å². The monoisotopic (exact) mass is 266 g/mol. The number of phenols is 1. The topological polar surface area (TPSA) is 57.5 Å². The van der Waals surface area contributed by atoms with Gasteiger partial charge in [-0.1, -0.05) is 12.1 Å². The lowest BCUT2D eigenvalue weighted by Gasteiger charge is -1.99. The minimum absolute atomic E-state index is 0.252. The van der Waals surface area contributed by atoms with Crippen LogP contribution in [-0.2, 0) is 5.75 Å². The number of aromatic carboxylic acids is 1. The molecule has 2 rings (SSSR count). The Morgan fingerprint density at radius 1 is 1.29 bits per heavy atom. The highest BCUT2D eigenvalue weighted by Gasteiger charge is 2.07. The van der Waals surface area contributed by atoms with Crippen LogP contribution >= 0.6 is 23.1 Å². The van der Waals surface area contributed by atoms with Crippen LogP contribution in [0.3, 0.4) is 0 Å². The van der Waals surface area contributed by atoms with Gasteiger partial charge < -0.3 is 10.2 Å². The molecule has 0 bridgehead atoms. The lowest BCUT2D eigenvalue weighted by Crippen LogP contribution is -1.89. The fourth-order valence-corrected chi connectivity index (χ4v) is 3.09. The Morgan fingerprint density at radius 3 is 2.59 bits per heavy atom. The van der Waals surface area contributed by atoms with E-state index in [4.69, 9.17) is 10.2 Å². The second-order valence-corrected chi connectivity index (χ2v) is 5.37. The SMILES string of the molecule is O=C(O)c1cc(SCc2ccc(O)cc2)cs1. The van der Waals surface area contributed by atoms with Crippen LogP contribution in [0.2, 0.25) is 0 Å². The smallest absolute Gasteiger partial charge is 0.345 e. The maximum Gasteiger partial charge on any atom is 0.345 e. The van der Waals surface area contributed by atoms with Crippen LogP contribution in [0.25, 0.3) is 0 Å². The molecular weight excluding hydrogens is 256 g/mol. The molecule has 2 N–H and O–H groups in total. The van der Waals surface area contributed by atoms with Crippen molar-refractivity contribution >= 4 is 29.1 Å². The van der Waals surface area contributed by atoms with Gasteiger partial charge in [-0.3, -0.25) is 0 Å². The second-order valence-electron chi connectivity index (χ2n) is 3.41. The molecule has 0 fully saturated rings. The van der Waals surface area contributed by atoms with Gasteiger partial charge in [0.25, 0.3) is 0 Å². The van der Waals surface area contributed by atoms with Crippen LogP contribution < -0.4 is 0 Å². The summed E-state index contributed by atoms with van der Waals surface area (Å²) in [6, 6.07) is 8.68. The molecule has 0 saturated heterocycles. The number of rotatable bonds is 4. The van der Waals surface area contributed by atoms with E-state index in [-0.39, 0.29) is 5.75 Å². The summed E-state index contributed by atoms with van der Waals surface area (Å²) in [5.74, 6) is 0.129. The third-order valence-electron chi connectivity index (χ3n) is 2.13. The maximum atomic E-state index is 10.7. The van der Waals surface area contributed by atoms with Gasteiger partial charge in [-0.15, -0.1) is 23.1 Å². The minimum atomic E-state index is -0.883. The molecular formula is C12H10O3S2. The number of thiophene rings is 1. The first-order valence-corrected chi connectivity index (χ1v) is 6.74. The zero-order chi connectivity index (χ0) is 12.3. The van der Waals surface area contributed by atoms with E-state index in [1.807, 2.05) is 17.5 Å². The molecule has 0 unspecified atom stereocenters. The Hall–Kier alpha value is -1.46. The van der Waals surface area contributed by atoms with Crippen molar-refractivity contribution in [3.63, 3.8) is 0 Å². The number of hydrogen-bond donors (Lipinski definition) is 2. The van der Waals surface area contributed by atoms with Crippen molar-refractivity contribution in [2.75, 3.05) is 0 Å². The molecule has 17 heavy (non-hydrogen) atoms. The first kappa shape index (κ1) is 12.0. The largest absolute Gasteiger partial charge is 0.508 e. The number of thioether (sulfide) groups is 1. The highest BCUT2D eigenvalue weighted by Crippen LogP contribution is 2.28. The number of benzene rings is 1. The molecule has 0 aliphatic heterocycles. The average Bonchev–Trinajstić information content (AvgIpc) is 2.77. The predicted octanol–water partition coefficient (Wildman–Crippen LogP) is 3.44. The molecule has 5 heteroatoms. The van der Waals surface area contributed by atoms with E-state index < -0.39 is 5.97 Å². The first-order chi connectivity index (χ1) is 8.15. The third kappa shape index (κ3) is 3.25. The molecule has 1 heterocycles. The molecule has 3 nitrogen and oxygen atoms in total. The average molecular weight is 266 g/mol. The van der Waals surface area contributed by atoms with Crippen LogP contribution in [0, 0.1) is 0 Å². The summed E-state index contributed by atoms with van der Waals surface area (Å²) < 4.78 is 0. The molecule has 0 spiro atoms. The summed E-state index contributed by atoms with van der Waals surface area (Å²) in [7, 11) is 0. The summed E-state index contributed by atoms with van der Waals surface area (Å²) in [4.78, 5) is 12.0. The molecule has 0 amide bonds. The third-order valence-corrected chi connectivity index (χ3v) is 4.24. The van der Waals surface area contributed by atoms with E-state index in [1.165, 1.54) is 11.3 Å². The fraction of sp³-hybridized carbons (Fsp3) is 0.0833. The molecule has 0 aliphatic rings. The molecule has 88 valence electrons. The number of carbonyl (C=O) groups is 1. The van der Waals surface area contributed by atoms with Gasteiger partial charge in [0.15, 0.2) is 0 Å².